The van der Waals surface area contributed by atoms with Gasteiger partial charge >= 0.3 is 0 Å². The molecule has 1 saturated carbocycles. The van der Waals surface area contributed by atoms with E-state index in [2.05, 4.69) is 10.6 Å². The Labute approximate surface area is 104 Å². The van der Waals surface area contributed by atoms with E-state index in [0.29, 0.717) is 10.7 Å². The summed E-state index contributed by atoms with van der Waals surface area (Å²) in [5, 5.41) is 5.89. The SMILES string of the molecule is O=C(CNC(=O)C1CC1)Nc1ccc(Cl)cc1. The van der Waals surface area contributed by atoms with Crippen LogP contribution < -0.4 is 10.6 Å². The van der Waals surface area contributed by atoms with Crippen molar-refractivity contribution in [2.24, 2.45) is 5.92 Å². The number of hydrogen-bond donors (Lipinski definition) is 2. The van der Waals surface area contributed by atoms with Gasteiger partial charge in [0, 0.05) is 16.6 Å². The molecule has 1 aromatic rings. The van der Waals surface area contributed by atoms with E-state index in [4.69, 9.17) is 11.6 Å². The standard InChI is InChI=1S/C12H13ClN2O2/c13-9-3-5-10(6-4-9)15-11(16)7-14-12(17)8-1-2-8/h3-6,8H,1-2,7H2,(H,14,17)(H,15,16). The minimum Gasteiger partial charge on any atom is -0.347 e. The normalized spacial score (nSPS) is 14.2. The van der Waals surface area contributed by atoms with Gasteiger partial charge < -0.3 is 10.6 Å². The van der Waals surface area contributed by atoms with Crippen molar-refractivity contribution in [2.75, 3.05) is 11.9 Å². The minimum atomic E-state index is -0.235. The minimum absolute atomic E-state index is 0.0119. The van der Waals surface area contributed by atoms with Crippen molar-refractivity contribution in [1.82, 2.24) is 5.32 Å². The summed E-state index contributed by atoms with van der Waals surface area (Å²) in [6.07, 6.45) is 1.87. The summed E-state index contributed by atoms with van der Waals surface area (Å²) in [5.41, 5.74) is 0.667. The third kappa shape index (κ3) is 3.75. The van der Waals surface area contributed by atoms with Crippen LogP contribution in [0.4, 0.5) is 5.69 Å². The maximum atomic E-state index is 11.5. The Kier molecular flexibility index (Phi) is 3.64. The Hall–Kier alpha value is -1.55. The highest BCUT2D eigenvalue weighted by atomic mass is 35.5. The number of carbonyl (C=O) groups excluding carboxylic acids is 2. The van der Waals surface area contributed by atoms with Crippen molar-refractivity contribution in [3.8, 4) is 0 Å². The van der Waals surface area contributed by atoms with Crippen molar-refractivity contribution in [2.45, 2.75) is 12.8 Å². The van der Waals surface area contributed by atoms with Crippen LogP contribution in [0, 0.1) is 5.92 Å². The molecule has 0 saturated heterocycles. The molecule has 5 heteroatoms. The van der Waals surface area contributed by atoms with E-state index in [1.54, 1.807) is 24.3 Å². The van der Waals surface area contributed by atoms with Crippen molar-refractivity contribution in [3.05, 3.63) is 29.3 Å². The van der Waals surface area contributed by atoms with Crippen LogP contribution in [0.1, 0.15) is 12.8 Å². The second kappa shape index (κ2) is 5.19. The first-order chi connectivity index (χ1) is 8.15. The van der Waals surface area contributed by atoms with Crippen molar-refractivity contribution in [3.63, 3.8) is 0 Å². The van der Waals surface area contributed by atoms with Crippen LogP contribution in [-0.2, 0) is 9.59 Å². The third-order valence-electron chi connectivity index (χ3n) is 2.50. The summed E-state index contributed by atoms with van der Waals surface area (Å²) < 4.78 is 0. The molecular weight excluding hydrogens is 240 g/mol. The highest BCUT2D eigenvalue weighted by molar-refractivity contribution is 6.30. The fourth-order valence-corrected chi connectivity index (χ4v) is 1.52. The molecule has 17 heavy (non-hydrogen) atoms. The Balaban J connectivity index is 1.76. The van der Waals surface area contributed by atoms with Gasteiger partial charge in [-0.25, -0.2) is 0 Å². The molecule has 0 unspecified atom stereocenters. The number of halogens is 1. The molecule has 2 rings (SSSR count). The van der Waals surface area contributed by atoms with Crippen LogP contribution >= 0.6 is 11.6 Å². The lowest BCUT2D eigenvalue weighted by molar-refractivity contribution is -0.125. The second-order valence-corrected chi connectivity index (χ2v) is 4.48. The molecule has 0 atom stereocenters. The van der Waals surface area contributed by atoms with Gasteiger partial charge in [0.15, 0.2) is 0 Å². The van der Waals surface area contributed by atoms with Gasteiger partial charge in [-0.1, -0.05) is 11.6 Å². The molecule has 0 radical (unpaired) electrons. The molecule has 1 fully saturated rings. The Bertz CT molecular complexity index is 427. The number of hydrogen-bond acceptors (Lipinski definition) is 2. The molecule has 1 aromatic carbocycles. The van der Waals surface area contributed by atoms with Gasteiger partial charge in [-0.2, -0.15) is 0 Å². The van der Waals surface area contributed by atoms with Crippen molar-refractivity contribution < 1.29 is 9.59 Å². The molecule has 0 aromatic heterocycles. The molecular formula is C12H13ClN2O2. The Morgan fingerprint density at radius 3 is 2.47 bits per heavy atom. The fraction of sp³-hybridized carbons (Fsp3) is 0.333. The lowest BCUT2D eigenvalue weighted by Gasteiger charge is -2.06. The molecule has 0 spiro atoms. The zero-order chi connectivity index (χ0) is 12.3. The maximum Gasteiger partial charge on any atom is 0.243 e. The third-order valence-corrected chi connectivity index (χ3v) is 2.75. The lowest BCUT2D eigenvalue weighted by atomic mass is 10.3. The number of rotatable bonds is 4. The molecule has 0 bridgehead atoms. The van der Waals surface area contributed by atoms with Gasteiger partial charge in [0.05, 0.1) is 6.54 Å². The summed E-state index contributed by atoms with van der Waals surface area (Å²) in [6.45, 7) is 0.0119. The fourth-order valence-electron chi connectivity index (χ4n) is 1.40. The number of amides is 2. The smallest absolute Gasteiger partial charge is 0.243 e. The van der Waals surface area contributed by atoms with Crippen molar-refractivity contribution >= 4 is 29.1 Å². The molecule has 2 amide bonds. The van der Waals surface area contributed by atoms with E-state index >= 15 is 0 Å². The maximum absolute atomic E-state index is 11.5. The first kappa shape index (κ1) is 11.9. The van der Waals surface area contributed by atoms with Crippen LogP contribution in [0.5, 0.6) is 0 Å². The van der Waals surface area contributed by atoms with E-state index < -0.39 is 0 Å². The first-order valence-electron chi connectivity index (χ1n) is 5.48. The van der Waals surface area contributed by atoms with E-state index in [-0.39, 0.29) is 24.3 Å². The molecule has 1 aliphatic carbocycles. The van der Waals surface area contributed by atoms with Crippen LogP contribution in [0.3, 0.4) is 0 Å². The molecule has 1 aliphatic rings. The van der Waals surface area contributed by atoms with E-state index in [9.17, 15) is 9.59 Å². The Morgan fingerprint density at radius 2 is 1.88 bits per heavy atom. The highest BCUT2D eigenvalue weighted by Gasteiger charge is 2.29. The van der Waals surface area contributed by atoms with Crippen LogP contribution in [0.2, 0.25) is 5.02 Å². The number of anilines is 1. The molecule has 4 nitrogen and oxygen atoms in total. The number of carbonyl (C=O) groups is 2. The summed E-state index contributed by atoms with van der Waals surface area (Å²) >= 11 is 5.72. The highest BCUT2D eigenvalue weighted by Crippen LogP contribution is 2.28. The predicted octanol–water partition coefficient (Wildman–Crippen LogP) is 1.80. The van der Waals surface area contributed by atoms with Gasteiger partial charge in [0.2, 0.25) is 11.8 Å². The van der Waals surface area contributed by atoms with Gasteiger partial charge in [-0.15, -0.1) is 0 Å². The number of nitrogens with one attached hydrogen (secondary N) is 2. The van der Waals surface area contributed by atoms with E-state index in [0.717, 1.165) is 12.8 Å². The zero-order valence-corrected chi connectivity index (χ0v) is 9.96. The monoisotopic (exact) mass is 252 g/mol. The zero-order valence-electron chi connectivity index (χ0n) is 9.20. The topological polar surface area (TPSA) is 58.2 Å². The van der Waals surface area contributed by atoms with Gasteiger partial charge in [0.1, 0.15) is 0 Å². The van der Waals surface area contributed by atoms with Gasteiger partial charge in [-0.05, 0) is 37.1 Å². The molecule has 0 aliphatic heterocycles. The second-order valence-electron chi connectivity index (χ2n) is 4.05. The average Bonchev–Trinajstić information content (AvgIpc) is 3.13. The summed E-state index contributed by atoms with van der Waals surface area (Å²) in [6, 6.07) is 6.81. The largest absolute Gasteiger partial charge is 0.347 e. The summed E-state index contributed by atoms with van der Waals surface area (Å²) in [5.74, 6) is -0.143. The summed E-state index contributed by atoms with van der Waals surface area (Å²) in [7, 11) is 0. The average molecular weight is 253 g/mol. The van der Waals surface area contributed by atoms with Crippen LogP contribution in [0.15, 0.2) is 24.3 Å². The molecule has 90 valence electrons. The number of benzene rings is 1. The lowest BCUT2D eigenvalue weighted by Crippen LogP contribution is -2.33. The molecule has 2 N–H and O–H groups in total. The van der Waals surface area contributed by atoms with Crippen LogP contribution in [0.25, 0.3) is 0 Å². The van der Waals surface area contributed by atoms with Gasteiger partial charge in [0.25, 0.3) is 0 Å². The van der Waals surface area contributed by atoms with E-state index in [1.807, 2.05) is 0 Å². The first-order valence-corrected chi connectivity index (χ1v) is 5.86. The van der Waals surface area contributed by atoms with Crippen LogP contribution in [-0.4, -0.2) is 18.4 Å². The van der Waals surface area contributed by atoms with Gasteiger partial charge in [-0.3, -0.25) is 9.59 Å². The predicted molar refractivity (Wildman–Crippen MR) is 65.8 cm³/mol. The van der Waals surface area contributed by atoms with Crippen molar-refractivity contribution in [1.29, 1.82) is 0 Å². The molecule has 0 heterocycles. The Morgan fingerprint density at radius 1 is 1.24 bits per heavy atom. The summed E-state index contributed by atoms with van der Waals surface area (Å²) in [4.78, 5) is 22.8. The van der Waals surface area contributed by atoms with E-state index in [1.165, 1.54) is 0 Å². The quantitative estimate of drug-likeness (QED) is 0.859.